The Kier molecular flexibility index (Phi) is 5.30. The van der Waals surface area contributed by atoms with E-state index in [2.05, 4.69) is 16.0 Å². The molecule has 0 fully saturated rings. The summed E-state index contributed by atoms with van der Waals surface area (Å²) in [5.74, 6) is 0. The van der Waals surface area contributed by atoms with Gasteiger partial charge in [-0.25, -0.2) is 0 Å². The van der Waals surface area contributed by atoms with Gasteiger partial charge in [0.25, 0.3) is 0 Å². The molecular weight excluding hydrogens is 278 g/mol. The van der Waals surface area contributed by atoms with Gasteiger partial charge in [0.2, 0.25) is 0 Å². The first-order valence-corrected chi connectivity index (χ1v) is 7.33. The maximum atomic E-state index is 8.77. The second-order valence-electron chi connectivity index (χ2n) is 4.37. The van der Waals surface area contributed by atoms with Gasteiger partial charge >= 0.3 is 0 Å². The van der Waals surface area contributed by atoms with Gasteiger partial charge in [-0.15, -0.1) is 0 Å². The number of thioether (sulfide) groups is 1. The summed E-state index contributed by atoms with van der Waals surface area (Å²) in [7, 11) is 1.78. The van der Waals surface area contributed by atoms with E-state index in [0.29, 0.717) is 5.56 Å². The Bertz CT molecular complexity index is 710. The van der Waals surface area contributed by atoms with Gasteiger partial charge in [-0.2, -0.15) is 5.26 Å². The normalized spacial score (nSPS) is 11.6. The minimum absolute atomic E-state index is 0.668. The summed E-state index contributed by atoms with van der Waals surface area (Å²) in [5, 5.41) is 11.7. The van der Waals surface area contributed by atoms with Gasteiger partial charge in [0.1, 0.15) is 5.04 Å². The van der Waals surface area contributed by atoms with Gasteiger partial charge in [0, 0.05) is 25.0 Å². The standard InChI is InChI=1S/C17H15N3S/c1-13-7-9-20-12-16(13)17(19-2)21-10-8-14-3-5-15(11-18)6-4-14/h3-10,12H,1-2H3/b10-8+,19-17?. The van der Waals surface area contributed by atoms with Gasteiger partial charge in [-0.1, -0.05) is 23.9 Å². The summed E-state index contributed by atoms with van der Waals surface area (Å²) in [6, 6.07) is 11.6. The SMILES string of the molecule is CN=C(S/C=C/c1ccc(C#N)cc1)c1cnccc1C. The van der Waals surface area contributed by atoms with Crippen LogP contribution in [0.2, 0.25) is 0 Å². The van der Waals surface area contributed by atoms with Crippen LogP contribution in [0.25, 0.3) is 6.08 Å². The highest BCUT2D eigenvalue weighted by molar-refractivity contribution is 8.17. The number of nitrogens with zero attached hydrogens (tertiary/aromatic N) is 3. The molecule has 1 aromatic carbocycles. The average Bonchev–Trinajstić information content (AvgIpc) is 2.53. The van der Waals surface area contributed by atoms with Crippen LogP contribution in [0, 0.1) is 18.3 Å². The van der Waals surface area contributed by atoms with Crippen LogP contribution in [0.15, 0.2) is 53.1 Å². The number of hydrogen-bond donors (Lipinski definition) is 0. The van der Waals surface area contributed by atoms with Crippen molar-refractivity contribution >= 4 is 22.9 Å². The number of hydrogen-bond acceptors (Lipinski definition) is 4. The number of aromatic nitrogens is 1. The van der Waals surface area contributed by atoms with Crippen molar-refractivity contribution in [2.75, 3.05) is 7.05 Å². The van der Waals surface area contributed by atoms with Crippen LogP contribution < -0.4 is 0 Å². The summed E-state index contributed by atoms with van der Waals surface area (Å²) in [6.45, 7) is 2.05. The predicted molar refractivity (Wildman–Crippen MR) is 89.2 cm³/mol. The molecule has 0 saturated carbocycles. The molecular formula is C17H15N3S. The Morgan fingerprint density at radius 1 is 1.29 bits per heavy atom. The third-order valence-electron chi connectivity index (χ3n) is 2.95. The molecule has 104 valence electrons. The molecule has 1 aromatic heterocycles. The molecule has 0 spiro atoms. The third-order valence-corrected chi connectivity index (χ3v) is 3.85. The lowest BCUT2D eigenvalue weighted by atomic mass is 10.1. The molecule has 0 N–H and O–H groups in total. The fraction of sp³-hybridized carbons (Fsp3) is 0.118. The lowest BCUT2D eigenvalue weighted by Gasteiger charge is -2.05. The predicted octanol–water partition coefficient (Wildman–Crippen LogP) is 4.04. The Balaban J connectivity index is 2.08. The van der Waals surface area contributed by atoms with Crippen LogP contribution in [0.1, 0.15) is 22.3 Å². The summed E-state index contributed by atoms with van der Waals surface area (Å²) < 4.78 is 0. The quantitative estimate of drug-likeness (QED) is 0.634. The van der Waals surface area contributed by atoms with E-state index < -0.39 is 0 Å². The topological polar surface area (TPSA) is 49.0 Å². The number of pyridine rings is 1. The zero-order valence-electron chi connectivity index (χ0n) is 11.9. The molecule has 0 unspecified atom stereocenters. The van der Waals surface area contributed by atoms with Crippen LogP contribution >= 0.6 is 11.8 Å². The molecule has 21 heavy (non-hydrogen) atoms. The lowest BCUT2D eigenvalue weighted by Crippen LogP contribution is -1.98. The Hall–Kier alpha value is -2.38. The van der Waals surface area contributed by atoms with Gasteiger partial charge < -0.3 is 0 Å². The Labute approximate surface area is 129 Å². The van der Waals surface area contributed by atoms with Crippen LogP contribution in [0.5, 0.6) is 0 Å². The van der Waals surface area contributed by atoms with E-state index in [1.54, 1.807) is 25.0 Å². The molecule has 1 heterocycles. The Morgan fingerprint density at radius 2 is 2.05 bits per heavy atom. The second kappa shape index (κ2) is 7.41. The molecule has 0 atom stereocenters. The maximum Gasteiger partial charge on any atom is 0.103 e. The first-order chi connectivity index (χ1) is 10.2. The molecule has 0 aliphatic carbocycles. The van der Waals surface area contributed by atoms with Crippen molar-refractivity contribution in [1.29, 1.82) is 5.26 Å². The van der Waals surface area contributed by atoms with Crippen molar-refractivity contribution in [2.45, 2.75) is 6.92 Å². The van der Waals surface area contributed by atoms with E-state index in [1.165, 1.54) is 0 Å². The fourth-order valence-corrected chi connectivity index (χ4v) is 2.57. The highest BCUT2D eigenvalue weighted by Gasteiger charge is 2.05. The van der Waals surface area contributed by atoms with E-state index >= 15 is 0 Å². The summed E-state index contributed by atoms with van der Waals surface area (Å²) in [5.41, 5.74) is 3.93. The molecule has 0 amide bonds. The number of aliphatic imine (C=N–C) groups is 1. The van der Waals surface area contributed by atoms with Crippen molar-refractivity contribution in [3.8, 4) is 6.07 Å². The highest BCUT2D eigenvalue weighted by Crippen LogP contribution is 2.18. The van der Waals surface area contributed by atoms with E-state index in [0.717, 1.165) is 21.7 Å². The molecule has 0 radical (unpaired) electrons. The number of benzene rings is 1. The van der Waals surface area contributed by atoms with E-state index in [4.69, 9.17) is 5.26 Å². The highest BCUT2D eigenvalue weighted by atomic mass is 32.2. The van der Waals surface area contributed by atoms with Crippen LogP contribution in [0.3, 0.4) is 0 Å². The molecule has 2 aromatic rings. The maximum absolute atomic E-state index is 8.77. The smallest absolute Gasteiger partial charge is 0.103 e. The van der Waals surface area contributed by atoms with Crippen molar-refractivity contribution in [2.24, 2.45) is 4.99 Å². The molecule has 0 bridgehead atoms. The van der Waals surface area contributed by atoms with Crippen molar-refractivity contribution in [1.82, 2.24) is 4.98 Å². The second-order valence-corrected chi connectivity index (χ2v) is 5.27. The Morgan fingerprint density at radius 3 is 2.67 bits per heavy atom. The van der Waals surface area contributed by atoms with E-state index in [-0.39, 0.29) is 0 Å². The lowest BCUT2D eigenvalue weighted by molar-refractivity contribution is 1.27. The van der Waals surface area contributed by atoms with E-state index in [1.807, 2.05) is 54.9 Å². The van der Waals surface area contributed by atoms with Crippen molar-refractivity contribution in [3.63, 3.8) is 0 Å². The number of aryl methyl sites for hydroxylation is 1. The largest absolute Gasteiger partial charge is 0.281 e. The van der Waals surface area contributed by atoms with Gasteiger partial charge in [0.05, 0.1) is 11.6 Å². The van der Waals surface area contributed by atoms with Gasteiger partial charge in [-0.3, -0.25) is 9.98 Å². The molecule has 2 rings (SSSR count). The van der Waals surface area contributed by atoms with Gasteiger partial charge in [0.15, 0.2) is 0 Å². The zero-order valence-corrected chi connectivity index (χ0v) is 12.8. The van der Waals surface area contributed by atoms with Crippen molar-refractivity contribution in [3.05, 3.63) is 70.4 Å². The van der Waals surface area contributed by atoms with E-state index in [9.17, 15) is 0 Å². The van der Waals surface area contributed by atoms with Crippen LogP contribution in [-0.2, 0) is 0 Å². The van der Waals surface area contributed by atoms with Crippen molar-refractivity contribution < 1.29 is 0 Å². The number of nitriles is 1. The zero-order chi connectivity index (χ0) is 15.1. The molecule has 0 saturated heterocycles. The summed E-state index contributed by atoms with van der Waals surface area (Å²) in [4.78, 5) is 8.47. The first kappa shape index (κ1) is 15.0. The molecule has 0 aliphatic rings. The van der Waals surface area contributed by atoms with Gasteiger partial charge in [-0.05, 0) is 47.7 Å². The average molecular weight is 293 g/mol. The third kappa shape index (κ3) is 4.04. The molecule has 3 nitrogen and oxygen atoms in total. The summed E-state index contributed by atoms with van der Waals surface area (Å²) >= 11 is 1.56. The monoisotopic (exact) mass is 293 g/mol. The molecule has 4 heteroatoms. The van der Waals surface area contributed by atoms with Crippen LogP contribution in [0.4, 0.5) is 0 Å². The fourth-order valence-electron chi connectivity index (χ4n) is 1.77. The minimum Gasteiger partial charge on any atom is -0.281 e. The first-order valence-electron chi connectivity index (χ1n) is 6.45. The number of rotatable bonds is 3. The molecule has 0 aliphatic heterocycles. The van der Waals surface area contributed by atoms with Crippen LogP contribution in [-0.4, -0.2) is 17.1 Å². The minimum atomic E-state index is 0.668. The summed E-state index contributed by atoms with van der Waals surface area (Å²) in [6.07, 6.45) is 5.62.